The SMILES string of the molecule is CC(=O)c1ccc(N2CC[NH+](CC(=O)NCCc3ccc(F)cc3)CC2)cc1. The number of Topliss-reactive ketones (excluding diaryl/α,β-unsaturated/α-hetero) is 1. The van der Waals surface area contributed by atoms with Crippen LogP contribution in [0, 0.1) is 5.82 Å². The number of amides is 1. The lowest BCUT2D eigenvalue weighted by Crippen LogP contribution is -3.16. The Hall–Kier alpha value is -2.73. The normalized spacial score (nSPS) is 14.7. The molecular formula is C22H27FN3O2+. The van der Waals surface area contributed by atoms with Crippen LogP contribution >= 0.6 is 0 Å². The van der Waals surface area contributed by atoms with Crippen molar-refractivity contribution in [1.29, 1.82) is 0 Å². The van der Waals surface area contributed by atoms with Crippen LogP contribution in [-0.2, 0) is 11.2 Å². The van der Waals surface area contributed by atoms with Crippen molar-refractivity contribution >= 4 is 17.4 Å². The van der Waals surface area contributed by atoms with E-state index in [1.807, 2.05) is 24.3 Å². The zero-order valence-electron chi connectivity index (χ0n) is 16.2. The number of benzene rings is 2. The maximum absolute atomic E-state index is 12.9. The number of ketones is 1. The highest BCUT2D eigenvalue weighted by molar-refractivity contribution is 5.94. The fourth-order valence-electron chi connectivity index (χ4n) is 3.45. The van der Waals surface area contributed by atoms with Gasteiger partial charge in [0.1, 0.15) is 5.82 Å². The van der Waals surface area contributed by atoms with Crippen LogP contribution in [0.1, 0.15) is 22.8 Å². The van der Waals surface area contributed by atoms with Crippen LogP contribution in [0.2, 0.25) is 0 Å². The first-order valence-electron chi connectivity index (χ1n) is 9.72. The predicted molar refractivity (Wildman–Crippen MR) is 107 cm³/mol. The number of nitrogens with zero attached hydrogens (tertiary/aromatic N) is 1. The second-order valence-electron chi connectivity index (χ2n) is 7.24. The van der Waals surface area contributed by atoms with Crippen molar-refractivity contribution < 1.29 is 18.9 Å². The van der Waals surface area contributed by atoms with Crippen molar-refractivity contribution in [1.82, 2.24) is 5.32 Å². The van der Waals surface area contributed by atoms with Gasteiger partial charge in [-0.25, -0.2) is 4.39 Å². The van der Waals surface area contributed by atoms with Gasteiger partial charge in [0.05, 0.1) is 26.2 Å². The van der Waals surface area contributed by atoms with Crippen molar-refractivity contribution in [3.8, 4) is 0 Å². The second kappa shape index (κ2) is 9.46. The number of hydrogen-bond acceptors (Lipinski definition) is 3. The average molecular weight is 384 g/mol. The lowest BCUT2D eigenvalue weighted by molar-refractivity contribution is -0.892. The van der Waals surface area contributed by atoms with Crippen molar-refractivity contribution in [3.63, 3.8) is 0 Å². The Morgan fingerprint density at radius 3 is 2.29 bits per heavy atom. The summed E-state index contributed by atoms with van der Waals surface area (Å²) in [4.78, 5) is 27.1. The highest BCUT2D eigenvalue weighted by Crippen LogP contribution is 2.15. The number of carbonyl (C=O) groups excluding carboxylic acids is 2. The summed E-state index contributed by atoms with van der Waals surface area (Å²) in [5.41, 5.74) is 2.86. The largest absolute Gasteiger partial charge is 0.360 e. The van der Waals surface area contributed by atoms with Gasteiger partial charge in [0, 0.05) is 17.8 Å². The molecule has 1 heterocycles. The van der Waals surface area contributed by atoms with Gasteiger partial charge >= 0.3 is 0 Å². The molecule has 5 nitrogen and oxygen atoms in total. The van der Waals surface area contributed by atoms with Gasteiger partial charge in [-0.1, -0.05) is 12.1 Å². The van der Waals surface area contributed by atoms with E-state index >= 15 is 0 Å². The molecule has 1 amide bonds. The van der Waals surface area contributed by atoms with E-state index in [0.29, 0.717) is 19.5 Å². The molecule has 0 aromatic heterocycles. The molecule has 2 N–H and O–H groups in total. The fourth-order valence-corrected chi connectivity index (χ4v) is 3.45. The Balaban J connectivity index is 1.38. The number of quaternary nitrogens is 1. The summed E-state index contributed by atoms with van der Waals surface area (Å²) >= 11 is 0. The van der Waals surface area contributed by atoms with Crippen molar-refractivity contribution in [2.24, 2.45) is 0 Å². The van der Waals surface area contributed by atoms with E-state index in [2.05, 4.69) is 10.2 Å². The van der Waals surface area contributed by atoms with Crippen LogP contribution in [0.25, 0.3) is 0 Å². The molecule has 0 saturated carbocycles. The molecule has 148 valence electrons. The predicted octanol–water partition coefficient (Wildman–Crippen LogP) is 1.09. The lowest BCUT2D eigenvalue weighted by Gasteiger charge is -2.33. The van der Waals surface area contributed by atoms with Gasteiger partial charge < -0.3 is 15.1 Å². The standard InChI is InChI=1S/C22H26FN3O2/c1-17(27)19-4-8-21(9-5-19)26-14-12-25(13-15-26)16-22(28)24-11-10-18-2-6-20(23)7-3-18/h2-9H,10-16H2,1H3,(H,24,28)/p+1. The summed E-state index contributed by atoms with van der Waals surface area (Å²) in [5.74, 6) is -0.118. The summed E-state index contributed by atoms with van der Waals surface area (Å²) < 4.78 is 12.9. The van der Waals surface area contributed by atoms with Gasteiger partial charge in [0.15, 0.2) is 12.3 Å². The van der Waals surface area contributed by atoms with Crippen LogP contribution in [0.4, 0.5) is 10.1 Å². The zero-order valence-corrected chi connectivity index (χ0v) is 16.2. The molecule has 2 aromatic rings. The molecule has 0 unspecified atom stereocenters. The quantitative estimate of drug-likeness (QED) is 0.703. The summed E-state index contributed by atoms with van der Waals surface area (Å²) in [6, 6.07) is 14.1. The van der Waals surface area contributed by atoms with E-state index in [-0.39, 0.29) is 17.5 Å². The van der Waals surface area contributed by atoms with Crippen LogP contribution in [0.5, 0.6) is 0 Å². The maximum atomic E-state index is 12.9. The molecular weight excluding hydrogens is 357 g/mol. The zero-order chi connectivity index (χ0) is 19.9. The van der Waals surface area contributed by atoms with E-state index in [0.717, 1.165) is 43.0 Å². The number of anilines is 1. The van der Waals surface area contributed by atoms with Crippen LogP contribution in [0.15, 0.2) is 48.5 Å². The first-order valence-corrected chi connectivity index (χ1v) is 9.72. The van der Waals surface area contributed by atoms with E-state index in [1.54, 1.807) is 19.1 Å². The van der Waals surface area contributed by atoms with Gasteiger partial charge in [0.2, 0.25) is 0 Å². The van der Waals surface area contributed by atoms with Gasteiger partial charge in [-0.05, 0) is 55.3 Å². The number of hydrogen-bond donors (Lipinski definition) is 2. The van der Waals surface area contributed by atoms with E-state index in [9.17, 15) is 14.0 Å². The molecule has 3 rings (SSSR count). The topological polar surface area (TPSA) is 53.9 Å². The molecule has 0 bridgehead atoms. The van der Waals surface area contributed by atoms with Crippen molar-refractivity contribution in [2.45, 2.75) is 13.3 Å². The van der Waals surface area contributed by atoms with Crippen LogP contribution < -0.4 is 15.1 Å². The fraction of sp³-hybridized carbons (Fsp3) is 0.364. The Kier molecular flexibility index (Phi) is 6.76. The minimum absolute atomic E-state index is 0.0522. The minimum Gasteiger partial charge on any atom is -0.360 e. The van der Waals surface area contributed by atoms with Crippen LogP contribution in [0.3, 0.4) is 0 Å². The van der Waals surface area contributed by atoms with Gasteiger partial charge in [0.25, 0.3) is 5.91 Å². The molecule has 1 fully saturated rings. The molecule has 1 aliphatic heterocycles. The number of piperazine rings is 1. The summed E-state index contributed by atoms with van der Waals surface area (Å²) in [7, 11) is 0. The molecule has 0 aliphatic carbocycles. The first kappa shape index (κ1) is 20.0. The van der Waals surface area contributed by atoms with Crippen molar-refractivity contribution in [2.75, 3.05) is 44.2 Å². The summed E-state index contributed by atoms with van der Waals surface area (Å²) in [5, 5.41) is 2.95. The average Bonchev–Trinajstić information content (AvgIpc) is 2.70. The Morgan fingerprint density at radius 2 is 1.68 bits per heavy atom. The monoisotopic (exact) mass is 384 g/mol. The molecule has 0 spiro atoms. The van der Waals surface area contributed by atoms with E-state index < -0.39 is 0 Å². The van der Waals surface area contributed by atoms with Gasteiger partial charge in [-0.15, -0.1) is 0 Å². The first-order chi connectivity index (χ1) is 13.5. The minimum atomic E-state index is -0.245. The third kappa shape index (κ3) is 5.63. The molecule has 1 aliphatic rings. The third-order valence-electron chi connectivity index (χ3n) is 5.17. The summed E-state index contributed by atoms with van der Waals surface area (Å²) in [6.45, 7) is 6.18. The summed E-state index contributed by atoms with van der Waals surface area (Å²) in [6.07, 6.45) is 0.700. The van der Waals surface area contributed by atoms with E-state index in [1.165, 1.54) is 17.0 Å². The molecule has 0 atom stereocenters. The molecule has 1 saturated heterocycles. The number of rotatable bonds is 7. The number of carbonyl (C=O) groups is 2. The Bertz CT molecular complexity index is 798. The second-order valence-corrected chi connectivity index (χ2v) is 7.24. The van der Waals surface area contributed by atoms with Crippen LogP contribution in [-0.4, -0.2) is 51.0 Å². The number of nitrogens with one attached hydrogen (secondary N) is 2. The Morgan fingerprint density at radius 1 is 1.04 bits per heavy atom. The van der Waals surface area contributed by atoms with Crippen molar-refractivity contribution in [3.05, 3.63) is 65.5 Å². The highest BCUT2D eigenvalue weighted by Gasteiger charge is 2.22. The molecule has 6 heteroatoms. The lowest BCUT2D eigenvalue weighted by atomic mass is 10.1. The number of halogens is 1. The Labute approximate surface area is 165 Å². The smallest absolute Gasteiger partial charge is 0.275 e. The van der Waals surface area contributed by atoms with Gasteiger partial charge in [-0.2, -0.15) is 0 Å². The third-order valence-corrected chi connectivity index (χ3v) is 5.17. The molecule has 2 aromatic carbocycles. The molecule has 28 heavy (non-hydrogen) atoms. The van der Waals surface area contributed by atoms with E-state index in [4.69, 9.17) is 0 Å². The van der Waals surface area contributed by atoms with Gasteiger partial charge in [-0.3, -0.25) is 9.59 Å². The highest BCUT2D eigenvalue weighted by atomic mass is 19.1. The molecule has 0 radical (unpaired) electrons. The maximum Gasteiger partial charge on any atom is 0.275 e.